The van der Waals surface area contributed by atoms with Gasteiger partial charge in [-0.05, 0) is 31.9 Å². The van der Waals surface area contributed by atoms with E-state index in [1.165, 1.54) is 24.0 Å². The van der Waals surface area contributed by atoms with Gasteiger partial charge in [0.25, 0.3) is 0 Å². The fourth-order valence-electron chi connectivity index (χ4n) is 2.58. The average molecular weight is 373 g/mol. The molecule has 8 heteroatoms. The summed E-state index contributed by atoms with van der Waals surface area (Å²) >= 11 is 1.33. The predicted molar refractivity (Wildman–Crippen MR) is 101 cm³/mol. The molecule has 1 saturated heterocycles. The topological polar surface area (TPSA) is 70.5 Å². The summed E-state index contributed by atoms with van der Waals surface area (Å²) in [6.07, 6.45) is 3.60. The smallest absolute Gasteiger partial charge is 0.250 e. The van der Waals surface area contributed by atoms with E-state index < -0.39 is 0 Å². The lowest BCUT2D eigenvalue weighted by molar-refractivity contribution is -0.118. The van der Waals surface area contributed by atoms with Gasteiger partial charge in [-0.2, -0.15) is 5.10 Å². The summed E-state index contributed by atoms with van der Waals surface area (Å²) in [6, 6.07) is 8.09. The molecule has 1 aliphatic rings. The highest BCUT2D eigenvalue weighted by Crippen LogP contribution is 2.21. The van der Waals surface area contributed by atoms with Gasteiger partial charge in [0.15, 0.2) is 0 Å². The lowest BCUT2D eigenvalue weighted by atomic mass is 10.2. The standard InChI is InChI=1S/C18H20FN5OS/c1-13-10-17(22-18(21-13)24-8-4-5-9-24)26-12-16(25)23-20-11-14-6-2-3-7-15(14)19/h2-3,6-7,10-11H,4-5,8-9,12H2,1H3,(H,23,25). The molecule has 1 aliphatic heterocycles. The quantitative estimate of drug-likeness (QED) is 0.365. The number of halogens is 1. The largest absolute Gasteiger partial charge is 0.341 e. The second kappa shape index (κ2) is 8.75. The highest BCUT2D eigenvalue weighted by molar-refractivity contribution is 7.99. The number of thioether (sulfide) groups is 1. The van der Waals surface area contributed by atoms with E-state index in [0.29, 0.717) is 5.56 Å². The van der Waals surface area contributed by atoms with E-state index in [9.17, 15) is 9.18 Å². The van der Waals surface area contributed by atoms with Crippen molar-refractivity contribution in [1.29, 1.82) is 0 Å². The van der Waals surface area contributed by atoms with E-state index in [-0.39, 0.29) is 17.5 Å². The van der Waals surface area contributed by atoms with E-state index in [4.69, 9.17) is 0 Å². The summed E-state index contributed by atoms with van der Waals surface area (Å²) in [5.74, 6) is 0.236. The summed E-state index contributed by atoms with van der Waals surface area (Å²) < 4.78 is 13.5. The van der Waals surface area contributed by atoms with Crippen molar-refractivity contribution in [3.63, 3.8) is 0 Å². The maximum absolute atomic E-state index is 13.5. The normalized spacial score (nSPS) is 14.2. The number of aromatic nitrogens is 2. The monoisotopic (exact) mass is 373 g/mol. The highest BCUT2D eigenvalue weighted by Gasteiger charge is 2.16. The third-order valence-corrected chi connectivity index (χ3v) is 4.77. The number of anilines is 1. The maximum Gasteiger partial charge on any atom is 0.250 e. The van der Waals surface area contributed by atoms with Crippen molar-refractivity contribution in [2.45, 2.75) is 24.8 Å². The number of nitrogens with zero attached hydrogens (tertiary/aromatic N) is 4. The minimum atomic E-state index is -0.384. The number of hydrogen-bond donors (Lipinski definition) is 1. The van der Waals surface area contributed by atoms with Crippen LogP contribution in [0.15, 0.2) is 40.5 Å². The number of hydrogen-bond acceptors (Lipinski definition) is 6. The Morgan fingerprint density at radius 1 is 1.35 bits per heavy atom. The Morgan fingerprint density at radius 3 is 2.88 bits per heavy atom. The lowest BCUT2D eigenvalue weighted by Crippen LogP contribution is -2.21. The summed E-state index contributed by atoms with van der Waals surface area (Å²) in [4.78, 5) is 23.1. The molecule has 6 nitrogen and oxygen atoms in total. The molecule has 1 aromatic carbocycles. The minimum Gasteiger partial charge on any atom is -0.341 e. The zero-order chi connectivity index (χ0) is 18.4. The number of amides is 1. The number of aryl methyl sites for hydroxylation is 1. The Morgan fingerprint density at radius 2 is 2.12 bits per heavy atom. The first-order valence-corrected chi connectivity index (χ1v) is 9.40. The molecule has 26 heavy (non-hydrogen) atoms. The highest BCUT2D eigenvalue weighted by atomic mass is 32.2. The van der Waals surface area contributed by atoms with Gasteiger partial charge < -0.3 is 4.90 Å². The van der Waals surface area contributed by atoms with Crippen LogP contribution < -0.4 is 10.3 Å². The third kappa shape index (κ3) is 5.01. The Bertz CT molecular complexity index is 808. The first-order chi connectivity index (χ1) is 12.6. The molecule has 3 rings (SSSR count). The third-order valence-electron chi connectivity index (χ3n) is 3.86. The second-order valence-corrected chi connectivity index (χ2v) is 6.94. The van der Waals surface area contributed by atoms with Gasteiger partial charge in [-0.25, -0.2) is 19.8 Å². The van der Waals surface area contributed by atoms with Crippen molar-refractivity contribution in [3.05, 3.63) is 47.4 Å². The molecule has 0 saturated carbocycles. The van der Waals surface area contributed by atoms with Gasteiger partial charge in [0, 0.05) is 24.3 Å². The molecule has 1 amide bonds. The molecule has 1 N–H and O–H groups in total. The number of carbonyl (C=O) groups is 1. The maximum atomic E-state index is 13.5. The predicted octanol–water partition coefficient (Wildman–Crippen LogP) is 2.77. The fourth-order valence-corrected chi connectivity index (χ4v) is 3.33. The molecular formula is C18H20FN5OS. The zero-order valence-electron chi connectivity index (χ0n) is 14.5. The van der Waals surface area contributed by atoms with Crippen molar-refractivity contribution < 1.29 is 9.18 Å². The molecule has 0 spiro atoms. The van der Waals surface area contributed by atoms with Gasteiger partial charge in [-0.15, -0.1) is 0 Å². The van der Waals surface area contributed by atoms with E-state index in [0.717, 1.165) is 42.6 Å². The van der Waals surface area contributed by atoms with Gasteiger partial charge in [0.2, 0.25) is 11.9 Å². The first kappa shape index (κ1) is 18.3. The first-order valence-electron chi connectivity index (χ1n) is 8.42. The Labute approximate surface area is 155 Å². The zero-order valence-corrected chi connectivity index (χ0v) is 15.3. The van der Waals surface area contributed by atoms with Crippen molar-refractivity contribution in [1.82, 2.24) is 15.4 Å². The summed E-state index contributed by atoms with van der Waals surface area (Å²) in [5, 5.41) is 4.55. The van der Waals surface area contributed by atoms with Crippen LogP contribution in [-0.4, -0.2) is 40.9 Å². The molecule has 2 aromatic rings. The molecule has 0 unspecified atom stereocenters. The van der Waals surface area contributed by atoms with Crippen LogP contribution in [0.5, 0.6) is 0 Å². The number of carbonyl (C=O) groups excluding carboxylic acids is 1. The Hall–Kier alpha value is -2.48. The second-order valence-electron chi connectivity index (χ2n) is 5.95. The molecule has 1 aromatic heterocycles. The van der Waals surface area contributed by atoms with Crippen LogP contribution in [0.1, 0.15) is 24.1 Å². The van der Waals surface area contributed by atoms with Gasteiger partial charge in [-0.3, -0.25) is 4.79 Å². The Balaban J connectivity index is 1.53. The van der Waals surface area contributed by atoms with Crippen LogP contribution in [0.2, 0.25) is 0 Å². The van der Waals surface area contributed by atoms with Crippen molar-refractivity contribution in [2.75, 3.05) is 23.7 Å². The van der Waals surface area contributed by atoms with Crippen LogP contribution in [0.25, 0.3) is 0 Å². The van der Waals surface area contributed by atoms with Crippen molar-refractivity contribution in [3.8, 4) is 0 Å². The summed E-state index contributed by atoms with van der Waals surface area (Å²) in [5.41, 5.74) is 3.60. The molecule has 136 valence electrons. The van der Waals surface area contributed by atoms with Gasteiger partial charge in [0.05, 0.1) is 12.0 Å². The molecule has 0 bridgehead atoms. The lowest BCUT2D eigenvalue weighted by Gasteiger charge is -2.16. The molecule has 0 atom stereocenters. The molecule has 0 aliphatic carbocycles. The van der Waals surface area contributed by atoms with Crippen LogP contribution in [0.3, 0.4) is 0 Å². The fraction of sp³-hybridized carbons (Fsp3) is 0.333. The van der Waals surface area contributed by atoms with Crippen molar-refractivity contribution in [2.24, 2.45) is 5.10 Å². The van der Waals surface area contributed by atoms with Gasteiger partial charge >= 0.3 is 0 Å². The number of benzene rings is 1. The molecule has 0 radical (unpaired) electrons. The molecule has 1 fully saturated rings. The molecule has 2 heterocycles. The van der Waals surface area contributed by atoms with E-state index in [2.05, 4.69) is 25.4 Å². The summed E-state index contributed by atoms with van der Waals surface area (Å²) in [7, 11) is 0. The number of hydrazone groups is 1. The van der Waals surface area contributed by atoms with Crippen LogP contribution in [0.4, 0.5) is 10.3 Å². The van der Waals surface area contributed by atoms with Gasteiger partial charge in [0.1, 0.15) is 10.8 Å². The molecular weight excluding hydrogens is 353 g/mol. The van der Waals surface area contributed by atoms with E-state index >= 15 is 0 Å². The van der Waals surface area contributed by atoms with E-state index in [1.807, 2.05) is 13.0 Å². The van der Waals surface area contributed by atoms with Crippen LogP contribution >= 0.6 is 11.8 Å². The van der Waals surface area contributed by atoms with E-state index in [1.54, 1.807) is 18.2 Å². The van der Waals surface area contributed by atoms with Crippen LogP contribution in [0, 0.1) is 12.7 Å². The number of nitrogens with one attached hydrogen (secondary N) is 1. The summed E-state index contributed by atoms with van der Waals surface area (Å²) in [6.45, 7) is 3.86. The average Bonchev–Trinajstić information content (AvgIpc) is 3.16. The number of rotatable bonds is 6. The Kier molecular flexibility index (Phi) is 6.17. The minimum absolute atomic E-state index is 0.171. The van der Waals surface area contributed by atoms with Gasteiger partial charge in [-0.1, -0.05) is 30.0 Å². The SMILES string of the molecule is Cc1cc(SCC(=O)NN=Cc2ccccc2F)nc(N2CCCC2)n1. The van der Waals surface area contributed by atoms with Crippen molar-refractivity contribution >= 4 is 29.8 Å². The van der Waals surface area contributed by atoms with Crippen LogP contribution in [-0.2, 0) is 4.79 Å².